The Hall–Kier alpha value is -0.120. The fourth-order valence-electron chi connectivity index (χ4n) is 2.67. The molecule has 0 radical (unpaired) electrons. The molecule has 18 heavy (non-hydrogen) atoms. The summed E-state index contributed by atoms with van der Waals surface area (Å²) in [7, 11) is 2.25. The number of hydrogen-bond donors (Lipinski definition) is 1. The SMILES string of the molecule is CC(C)CNCCCCN1CC(C)N(C)C(C)C1. The predicted molar refractivity (Wildman–Crippen MR) is 80.1 cm³/mol. The van der Waals surface area contributed by atoms with Gasteiger partial charge in [-0.15, -0.1) is 0 Å². The number of unbranched alkanes of at least 4 members (excludes halogenated alkanes) is 1. The second-order valence-electron chi connectivity index (χ2n) is 6.43. The summed E-state index contributed by atoms with van der Waals surface area (Å²) in [5, 5.41) is 3.52. The smallest absolute Gasteiger partial charge is 0.0195 e. The first-order chi connectivity index (χ1) is 8.50. The lowest BCUT2D eigenvalue weighted by atomic mass is 10.1. The molecule has 1 fully saturated rings. The van der Waals surface area contributed by atoms with E-state index in [2.05, 4.69) is 49.9 Å². The van der Waals surface area contributed by atoms with Crippen LogP contribution in [0, 0.1) is 5.92 Å². The third-order valence-electron chi connectivity index (χ3n) is 4.07. The molecule has 0 saturated carbocycles. The first-order valence-electron chi connectivity index (χ1n) is 7.65. The van der Waals surface area contributed by atoms with E-state index in [1.807, 2.05) is 0 Å². The third kappa shape index (κ3) is 5.68. The Balaban J connectivity index is 2.06. The Morgan fingerprint density at radius 2 is 1.72 bits per heavy atom. The molecule has 0 spiro atoms. The molecule has 0 bridgehead atoms. The highest BCUT2D eigenvalue weighted by Gasteiger charge is 2.25. The fraction of sp³-hybridized carbons (Fsp3) is 1.00. The van der Waals surface area contributed by atoms with Gasteiger partial charge in [0.25, 0.3) is 0 Å². The van der Waals surface area contributed by atoms with Crippen molar-refractivity contribution >= 4 is 0 Å². The maximum Gasteiger partial charge on any atom is 0.0195 e. The lowest BCUT2D eigenvalue weighted by Crippen LogP contribution is -2.54. The van der Waals surface area contributed by atoms with Crippen molar-refractivity contribution in [2.45, 2.75) is 52.6 Å². The van der Waals surface area contributed by atoms with Gasteiger partial charge in [-0.2, -0.15) is 0 Å². The van der Waals surface area contributed by atoms with E-state index in [-0.39, 0.29) is 0 Å². The first-order valence-corrected chi connectivity index (χ1v) is 7.65. The van der Waals surface area contributed by atoms with Gasteiger partial charge in [0, 0.05) is 25.2 Å². The molecule has 0 aromatic heterocycles. The lowest BCUT2D eigenvalue weighted by molar-refractivity contribution is 0.0592. The Morgan fingerprint density at radius 3 is 2.28 bits per heavy atom. The summed E-state index contributed by atoms with van der Waals surface area (Å²) in [5.74, 6) is 0.768. The first kappa shape index (κ1) is 15.9. The van der Waals surface area contributed by atoms with Gasteiger partial charge in [0.1, 0.15) is 0 Å². The van der Waals surface area contributed by atoms with Crippen molar-refractivity contribution in [1.82, 2.24) is 15.1 Å². The Labute approximate surface area is 114 Å². The van der Waals surface area contributed by atoms with E-state index in [0.29, 0.717) is 12.1 Å². The average molecular weight is 255 g/mol. The van der Waals surface area contributed by atoms with E-state index in [4.69, 9.17) is 0 Å². The maximum absolute atomic E-state index is 3.52. The summed E-state index contributed by atoms with van der Waals surface area (Å²) >= 11 is 0. The second-order valence-corrected chi connectivity index (χ2v) is 6.43. The molecule has 2 unspecified atom stereocenters. The predicted octanol–water partition coefficient (Wildman–Crippen LogP) is 2.04. The zero-order valence-electron chi connectivity index (χ0n) is 13.1. The van der Waals surface area contributed by atoms with Gasteiger partial charge in [-0.25, -0.2) is 0 Å². The van der Waals surface area contributed by atoms with Crippen LogP contribution in [-0.2, 0) is 0 Å². The molecule has 1 heterocycles. The zero-order valence-corrected chi connectivity index (χ0v) is 13.1. The zero-order chi connectivity index (χ0) is 13.5. The Kier molecular flexibility index (Phi) is 7.20. The molecule has 1 aliphatic rings. The van der Waals surface area contributed by atoms with Crippen LogP contribution in [0.15, 0.2) is 0 Å². The van der Waals surface area contributed by atoms with Crippen LogP contribution in [0.4, 0.5) is 0 Å². The van der Waals surface area contributed by atoms with E-state index in [1.165, 1.54) is 39.0 Å². The largest absolute Gasteiger partial charge is 0.316 e. The van der Waals surface area contributed by atoms with Crippen LogP contribution in [-0.4, -0.2) is 61.7 Å². The summed E-state index contributed by atoms with van der Waals surface area (Å²) in [5.41, 5.74) is 0. The molecule has 3 heteroatoms. The molecule has 1 rings (SSSR count). The third-order valence-corrected chi connectivity index (χ3v) is 4.07. The minimum Gasteiger partial charge on any atom is -0.316 e. The van der Waals surface area contributed by atoms with Crippen molar-refractivity contribution in [1.29, 1.82) is 0 Å². The van der Waals surface area contributed by atoms with E-state index < -0.39 is 0 Å². The second kappa shape index (κ2) is 8.13. The highest BCUT2D eigenvalue weighted by Crippen LogP contribution is 2.13. The van der Waals surface area contributed by atoms with Crippen LogP contribution >= 0.6 is 0 Å². The number of piperazine rings is 1. The summed E-state index contributed by atoms with van der Waals surface area (Å²) in [4.78, 5) is 5.14. The van der Waals surface area contributed by atoms with Crippen molar-refractivity contribution in [3.05, 3.63) is 0 Å². The molecule has 108 valence electrons. The summed E-state index contributed by atoms with van der Waals surface area (Å²) < 4.78 is 0. The molecule has 1 aliphatic heterocycles. The van der Waals surface area contributed by atoms with E-state index in [0.717, 1.165) is 12.5 Å². The number of nitrogens with one attached hydrogen (secondary N) is 1. The number of nitrogens with zero attached hydrogens (tertiary/aromatic N) is 2. The molecular formula is C15H33N3. The van der Waals surface area contributed by atoms with E-state index >= 15 is 0 Å². The molecule has 1 saturated heterocycles. The summed E-state index contributed by atoms with van der Waals surface area (Å²) in [6.45, 7) is 15.3. The van der Waals surface area contributed by atoms with Gasteiger partial charge >= 0.3 is 0 Å². The number of rotatable bonds is 7. The molecular weight excluding hydrogens is 222 g/mol. The van der Waals surface area contributed by atoms with Gasteiger partial charge in [0.05, 0.1) is 0 Å². The van der Waals surface area contributed by atoms with E-state index in [1.54, 1.807) is 0 Å². The van der Waals surface area contributed by atoms with Crippen molar-refractivity contribution < 1.29 is 0 Å². The van der Waals surface area contributed by atoms with Crippen molar-refractivity contribution in [3.8, 4) is 0 Å². The van der Waals surface area contributed by atoms with Crippen LogP contribution in [0.5, 0.6) is 0 Å². The molecule has 1 N–H and O–H groups in total. The normalized spacial score (nSPS) is 27.0. The van der Waals surface area contributed by atoms with Crippen molar-refractivity contribution in [2.75, 3.05) is 39.8 Å². The van der Waals surface area contributed by atoms with Crippen LogP contribution in [0.25, 0.3) is 0 Å². The van der Waals surface area contributed by atoms with E-state index in [9.17, 15) is 0 Å². The summed E-state index contributed by atoms with van der Waals surface area (Å²) in [6.07, 6.45) is 2.63. The van der Waals surface area contributed by atoms with Gasteiger partial charge < -0.3 is 10.2 Å². The van der Waals surface area contributed by atoms with Crippen LogP contribution in [0.2, 0.25) is 0 Å². The monoisotopic (exact) mass is 255 g/mol. The highest BCUT2D eigenvalue weighted by atomic mass is 15.3. The number of hydrogen-bond acceptors (Lipinski definition) is 3. The fourth-order valence-corrected chi connectivity index (χ4v) is 2.67. The highest BCUT2D eigenvalue weighted by molar-refractivity contribution is 4.82. The van der Waals surface area contributed by atoms with Crippen LogP contribution < -0.4 is 5.32 Å². The molecule has 0 aromatic rings. The van der Waals surface area contributed by atoms with Crippen LogP contribution in [0.3, 0.4) is 0 Å². The van der Waals surface area contributed by atoms with Crippen LogP contribution in [0.1, 0.15) is 40.5 Å². The van der Waals surface area contributed by atoms with Gasteiger partial charge in [-0.3, -0.25) is 4.90 Å². The Bertz CT molecular complexity index is 206. The van der Waals surface area contributed by atoms with Crippen molar-refractivity contribution in [3.63, 3.8) is 0 Å². The Morgan fingerprint density at radius 1 is 1.11 bits per heavy atom. The maximum atomic E-state index is 3.52. The topological polar surface area (TPSA) is 18.5 Å². The average Bonchev–Trinajstić information content (AvgIpc) is 2.30. The quantitative estimate of drug-likeness (QED) is 0.702. The minimum absolute atomic E-state index is 0.702. The lowest BCUT2D eigenvalue weighted by Gasteiger charge is -2.42. The molecule has 2 atom stereocenters. The van der Waals surface area contributed by atoms with Crippen molar-refractivity contribution in [2.24, 2.45) is 5.92 Å². The molecule has 0 amide bonds. The standard InChI is InChI=1S/C15H33N3/c1-13(2)10-16-8-6-7-9-18-11-14(3)17(5)15(4)12-18/h13-16H,6-12H2,1-5H3. The van der Waals surface area contributed by atoms with Gasteiger partial charge in [-0.1, -0.05) is 13.8 Å². The molecule has 0 aromatic carbocycles. The summed E-state index contributed by atoms with van der Waals surface area (Å²) in [6, 6.07) is 1.40. The minimum atomic E-state index is 0.702. The van der Waals surface area contributed by atoms with Gasteiger partial charge in [0.2, 0.25) is 0 Å². The molecule has 0 aliphatic carbocycles. The molecule has 3 nitrogen and oxygen atoms in total. The number of likely N-dealkylation sites (N-methyl/N-ethyl adjacent to an activating group) is 1. The van der Waals surface area contributed by atoms with Gasteiger partial charge in [-0.05, 0) is 59.3 Å². The van der Waals surface area contributed by atoms with Gasteiger partial charge in [0.15, 0.2) is 0 Å².